The molecule has 4 rings (SSSR count). The molecule has 2 aliphatic rings. The van der Waals surface area contributed by atoms with Crippen molar-refractivity contribution in [2.45, 2.75) is 12.8 Å². The van der Waals surface area contributed by atoms with Crippen LogP contribution in [0.3, 0.4) is 0 Å². The maximum Gasteiger partial charge on any atom is 0.136 e. The lowest BCUT2D eigenvalue weighted by Gasteiger charge is -2.35. The van der Waals surface area contributed by atoms with Gasteiger partial charge in [0.2, 0.25) is 0 Å². The van der Waals surface area contributed by atoms with Gasteiger partial charge in [0.1, 0.15) is 24.5 Å². The summed E-state index contributed by atoms with van der Waals surface area (Å²) in [6.45, 7) is 4.95. The van der Waals surface area contributed by atoms with Crippen molar-refractivity contribution >= 4 is 11.4 Å². The number of benzene rings is 2. The van der Waals surface area contributed by atoms with Crippen LogP contribution in [-0.2, 0) is 12.8 Å². The Morgan fingerprint density at radius 1 is 0.682 bits per heavy atom. The number of nitrogens with zero attached hydrogens (tertiary/aromatic N) is 2. The standard InChI is InChI=1S/C20H26N2/c1-21(13-11-17-7-3-5-9-19(17)21)15-16-22(2)14-12-18-8-4-6-10-20(18)22/h3-10H,11-16H2,1-2H3/q+2. The number of hydrogen-bond donors (Lipinski definition) is 0. The minimum absolute atomic E-state index is 1.10. The van der Waals surface area contributed by atoms with Gasteiger partial charge in [0.25, 0.3) is 0 Å². The van der Waals surface area contributed by atoms with Crippen molar-refractivity contribution < 1.29 is 0 Å². The Balaban J connectivity index is 1.57. The predicted octanol–water partition coefficient (Wildman–Crippen LogP) is 3.37. The summed E-state index contributed by atoms with van der Waals surface area (Å²) in [6, 6.07) is 18.0. The molecule has 22 heavy (non-hydrogen) atoms. The van der Waals surface area contributed by atoms with Gasteiger partial charge in [-0.1, -0.05) is 36.4 Å². The lowest BCUT2D eigenvalue weighted by Crippen LogP contribution is -2.54. The van der Waals surface area contributed by atoms with Crippen molar-refractivity contribution in [1.29, 1.82) is 0 Å². The van der Waals surface area contributed by atoms with Gasteiger partial charge < -0.3 is 0 Å². The molecule has 2 aromatic rings. The first-order valence-corrected chi connectivity index (χ1v) is 8.47. The highest BCUT2D eigenvalue weighted by molar-refractivity contribution is 5.56. The molecule has 2 heterocycles. The average Bonchev–Trinajstić information content (AvgIpc) is 3.07. The molecular weight excluding hydrogens is 268 g/mol. The molecule has 2 atom stereocenters. The summed E-state index contributed by atoms with van der Waals surface area (Å²) >= 11 is 0. The Bertz CT molecular complexity index is 647. The van der Waals surface area contributed by atoms with Crippen molar-refractivity contribution in [3.05, 3.63) is 59.7 Å². The summed E-state index contributed by atoms with van der Waals surface area (Å²) in [4.78, 5) is 0. The van der Waals surface area contributed by atoms with E-state index in [4.69, 9.17) is 0 Å². The second-order valence-electron chi connectivity index (χ2n) is 7.44. The van der Waals surface area contributed by atoms with Crippen LogP contribution in [0, 0.1) is 0 Å². The van der Waals surface area contributed by atoms with Gasteiger partial charge in [0.15, 0.2) is 0 Å². The maximum absolute atomic E-state index is 2.42. The van der Waals surface area contributed by atoms with E-state index < -0.39 is 0 Å². The fourth-order valence-electron chi connectivity index (χ4n) is 4.38. The Labute approximate surface area is 133 Å². The largest absolute Gasteiger partial charge is 0.288 e. The highest BCUT2D eigenvalue weighted by atomic mass is 15.4. The molecule has 0 saturated heterocycles. The third-order valence-corrected chi connectivity index (χ3v) is 5.98. The third kappa shape index (κ3) is 2.10. The molecule has 2 aliphatic heterocycles. The lowest BCUT2D eigenvalue weighted by atomic mass is 10.1. The van der Waals surface area contributed by atoms with Gasteiger partial charge in [-0.05, 0) is 12.1 Å². The summed E-state index contributed by atoms with van der Waals surface area (Å²) in [7, 11) is 4.83. The molecule has 2 heteroatoms. The van der Waals surface area contributed by atoms with Gasteiger partial charge in [0, 0.05) is 24.0 Å². The van der Waals surface area contributed by atoms with E-state index in [9.17, 15) is 0 Å². The van der Waals surface area contributed by atoms with Crippen LogP contribution in [0.25, 0.3) is 0 Å². The fraction of sp³-hybridized carbons (Fsp3) is 0.400. The van der Waals surface area contributed by atoms with Crippen molar-refractivity contribution in [3.8, 4) is 0 Å². The summed E-state index contributed by atoms with van der Waals surface area (Å²) in [5.74, 6) is 0. The lowest BCUT2D eigenvalue weighted by molar-refractivity contribution is 0.278. The van der Waals surface area contributed by atoms with Crippen LogP contribution in [-0.4, -0.2) is 40.3 Å². The second kappa shape index (κ2) is 4.94. The number of hydrogen-bond acceptors (Lipinski definition) is 0. The molecule has 0 aromatic heterocycles. The van der Waals surface area contributed by atoms with E-state index in [1.807, 2.05) is 0 Å². The average molecular weight is 294 g/mol. The van der Waals surface area contributed by atoms with E-state index in [1.165, 1.54) is 39.0 Å². The molecule has 0 fully saturated rings. The van der Waals surface area contributed by atoms with Crippen LogP contribution >= 0.6 is 0 Å². The third-order valence-electron chi connectivity index (χ3n) is 5.98. The summed E-state index contributed by atoms with van der Waals surface area (Å²) < 4.78 is 2.21. The van der Waals surface area contributed by atoms with Crippen LogP contribution in [0.15, 0.2) is 48.5 Å². The van der Waals surface area contributed by atoms with E-state index >= 15 is 0 Å². The zero-order chi connectivity index (χ0) is 15.2. The number of fused-ring (bicyclic) bond motifs is 2. The summed E-state index contributed by atoms with van der Waals surface area (Å²) in [5, 5.41) is 0. The first-order valence-electron chi connectivity index (χ1n) is 8.47. The van der Waals surface area contributed by atoms with Crippen molar-refractivity contribution in [2.24, 2.45) is 0 Å². The monoisotopic (exact) mass is 294 g/mol. The molecule has 2 nitrogen and oxygen atoms in total. The first kappa shape index (κ1) is 14.0. The van der Waals surface area contributed by atoms with Gasteiger partial charge in [0.05, 0.1) is 27.2 Å². The van der Waals surface area contributed by atoms with Crippen LogP contribution in [0.4, 0.5) is 11.4 Å². The van der Waals surface area contributed by atoms with Crippen LogP contribution in [0.1, 0.15) is 11.1 Å². The zero-order valence-electron chi connectivity index (χ0n) is 13.8. The van der Waals surface area contributed by atoms with Gasteiger partial charge in [-0.25, -0.2) is 0 Å². The molecule has 2 aromatic carbocycles. The molecule has 0 radical (unpaired) electrons. The van der Waals surface area contributed by atoms with E-state index in [1.54, 1.807) is 22.5 Å². The zero-order valence-corrected chi connectivity index (χ0v) is 13.8. The molecule has 0 N–H and O–H groups in total. The minimum Gasteiger partial charge on any atom is -0.288 e. The Morgan fingerprint density at radius 2 is 1.09 bits per heavy atom. The fourth-order valence-corrected chi connectivity index (χ4v) is 4.38. The highest BCUT2D eigenvalue weighted by Crippen LogP contribution is 2.36. The van der Waals surface area contributed by atoms with Crippen LogP contribution in [0.2, 0.25) is 0 Å². The second-order valence-corrected chi connectivity index (χ2v) is 7.44. The predicted molar refractivity (Wildman–Crippen MR) is 95.2 cm³/mol. The van der Waals surface area contributed by atoms with Crippen molar-refractivity contribution in [2.75, 3.05) is 40.3 Å². The van der Waals surface area contributed by atoms with Gasteiger partial charge in [-0.3, -0.25) is 8.97 Å². The smallest absolute Gasteiger partial charge is 0.136 e. The molecule has 114 valence electrons. The van der Waals surface area contributed by atoms with E-state index in [0.717, 1.165) is 8.97 Å². The molecular formula is C20H26N2+2. The number of para-hydroxylation sites is 2. The first-order chi connectivity index (χ1) is 10.6. The number of likely N-dealkylation sites (N-methyl/N-ethyl adjacent to an activating group) is 2. The van der Waals surface area contributed by atoms with Crippen LogP contribution in [0.5, 0.6) is 0 Å². The quantitative estimate of drug-likeness (QED) is 0.761. The van der Waals surface area contributed by atoms with Crippen molar-refractivity contribution in [3.63, 3.8) is 0 Å². The summed E-state index contributed by atoms with van der Waals surface area (Å²) in [6.07, 6.45) is 2.46. The summed E-state index contributed by atoms with van der Waals surface area (Å²) in [5.41, 5.74) is 6.19. The number of rotatable bonds is 3. The number of quaternary nitrogens is 2. The van der Waals surface area contributed by atoms with Gasteiger partial charge in [-0.15, -0.1) is 0 Å². The molecule has 2 unspecified atom stereocenters. The normalized spacial score (nSPS) is 29.4. The molecule has 0 aliphatic carbocycles. The van der Waals surface area contributed by atoms with Crippen molar-refractivity contribution in [1.82, 2.24) is 8.97 Å². The Hall–Kier alpha value is -1.64. The molecule has 0 amide bonds. The van der Waals surface area contributed by atoms with Gasteiger partial charge in [-0.2, -0.15) is 0 Å². The minimum atomic E-state index is 1.10. The highest BCUT2D eigenvalue weighted by Gasteiger charge is 2.39. The van der Waals surface area contributed by atoms with E-state index in [0.29, 0.717) is 0 Å². The topological polar surface area (TPSA) is 0 Å². The Kier molecular flexibility index (Phi) is 3.14. The maximum atomic E-state index is 2.42. The van der Waals surface area contributed by atoms with E-state index in [-0.39, 0.29) is 0 Å². The molecule has 0 spiro atoms. The molecule has 0 saturated carbocycles. The van der Waals surface area contributed by atoms with Crippen LogP contribution < -0.4 is 8.97 Å². The SMILES string of the molecule is C[N+]1(CC[N+]2(C)CCc3ccccc32)CCc2ccccc21. The van der Waals surface area contributed by atoms with Gasteiger partial charge >= 0.3 is 0 Å². The molecule has 0 bridgehead atoms. The Morgan fingerprint density at radius 3 is 1.55 bits per heavy atom. The van der Waals surface area contributed by atoms with E-state index in [2.05, 4.69) is 62.6 Å².